The monoisotopic (exact) mass is 293 g/mol. The van der Waals surface area contributed by atoms with Gasteiger partial charge in [-0.15, -0.1) is 0 Å². The van der Waals surface area contributed by atoms with E-state index in [0.29, 0.717) is 22.9 Å². The molecule has 0 aliphatic carbocycles. The summed E-state index contributed by atoms with van der Waals surface area (Å²) >= 11 is 6.04. The number of hydrogen-bond donors (Lipinski definition) is 1. The van der Waals surface area contributed by atoms with E-state index in [1.54, 1.807) is 18.2 Å². The zero-order valence-electron chi connectivity index (χ0n) is 11.5. The molecular weight excluding hydrogens is 277 g/mol. The molecule has 2 rings (SSSR count). The summed E-state index contributed by atoms with van der Waals surface area (Å²) in [5.74, 6) is 0.186. The third kappa shape index (κ3) is 3.30. The molecule has 0 bridgehead atoms. The largest absolute Gasteiger partial charge is 0.497 e. The third-order valence-electron chi connectivity index (χ3n) is 3.10. The van der Waals surface area contributed by atoms with E-state index in [2.05, 4.69) is 5.32 Å². The first-order chi connectivity index (χ1) is 9.65. The predicted octanol–water partition coefficient (Wildman–Crippen LogP) is 4.26. The molecule has 0 amide bonds. The molecule has 0 saturated carbocycles. The van der Waals surface area contributed by atoms with Crippen LogP contribution in [0.3, 0.4) is 0 Å². The minimum Gasteiger partial charge on any atom is -0.497 e. The summed E-state index contributed by atoms with van der Waals surface area (Å²) in [7, 11) is 1.52. The number of hydrogen-bond acceptors (Lipinski definition) is 2. The van der Waals surface area contributed by atoms with Gasteiger partial charge in [0.2, 0.25) is 0 Å². The highest BCUT2D eigenvalue weighted by molar-refractivity contribution is 6.30. The van der Waals surface area contributed by atoms with Crippen molar-refractivity contribution in [3.63, 3.8) is 0 Å². The van der Waals surface area contributed by atoms with Crippen LogP contribution in [0.4, 0.5) is 4.39 Å². The summed E-state index contributed by atoms with van der Waals surface area (Å²) in [6, 6.07) is 10.4. The molecule has 1 N–H and O–H groups in total. The van der Waals surface area contributed by atoms with Crippen LogP contribution in [-0.4, -0.2) is 13.7 Å². The summed E-state index contributed by atoms with van der Waals surface area (Å²) in [6.07, 6.45) is 0. The first-order valence-electron chi connectivity index (χ1n) is 6.48. The zero-order chi connectivity index (χ0) is 14.5. The number of halogens is 2. The van der Waals surface area contributed by atoms with Crippen molar-refractivity contribution in [1.29, 1.82) is 0 Å². The third-order valence-corrected chi connectivity index (χ3v) is 3.34. The van der Waals surface area contributed by atoms with Crippen LogP contribution in [0, 0.1) is 5.82 Å². The Morgan fingerprint density at radius 2 is 1.95 bits per heavy atom. The number of rotatable bonds is 5. The lowest BCUT2D eigenvalue weighted by Gasteiger charge is -2.12. The van der Waals surface area contributed by atoms with Crippen molar-refractivity contribution < 1.29 is 9.13 Å². The minimum absolute atomic E-state index is 0.315. The molecule has 0 aliphatic rings. The molecule has 0 aromatic heterocycles. The molecule has 106 valence electrons. The Morgan fingerprint density at radius 1 is 1.15 bits per heavy atom. The molecule has 0 atom stereocenters. The zero-order valence-corrected chi connectivity index (χ0v) is 12.3. The minimum atomic E-state index is -0.315. The number of nitrogens with one attached hydrogen (secondary N) is 1. The van der Waals surface area contributed by atoms with Crippen LogP contribution in [0.15, 0.2) is 36.4 Å². The Kier molecular flexibility index (Phi) is 4.99. The molecule has 2 aromatic carbocycles. The van der Waals surface area contributed by atoms with Gasteiger partial charge < -0.3 is 10.1 Å². The van der Waals surface area contributed by atoms with Crippen molar-refractivity contribution in [1.82, 2.24) is 5.32 Å². The van der Waals surface area contributed by atoms with Gasteiger partial charge >= 0.3 is 0 Å². The standard InChI is InChI=1S/C16H17ClFNO/c1-3-19-10-11-4-5-12(17)8-15(11)14-7-6-13(20-2)9-16(14)18/h4-9,19H,3,10H2,1-2H3. The summed E-state index contributed by atoms with van der Waals surface area (Å²) < 4.78 is 19.2. The maximum absolute atomic E-state index is 14.2. The first-order valence-corrected chi connectivity index (χ1v) is 6.86. The van der Waals surface area contributed by atoms with E-state index in [1.165, 1.54) is 13.2 Å². The molecule has 0 fully saturated rings. The Bertz CT molecular complexity index is 601. The highest BCUT2D eigenvalue weighted by Gasteiger charge is 2.11. The first kappa shape index (κ1) is 14.8. The molecule has 0 unspecified atom stereocenters. The van der Waals surface area contributed by atoms with E-state index in [-0.39, 0.29) is 5.82 Å². The fraction of sp³-hybridized carbons (Fsp3) is 0.250. The summed E-state index contributed by atoms with van der Waals surface area (Å²) in [5, 5.41) is 3.84. The van der Waals surface area contributed by atoms with Gasteiger partial charge in [-0.05, 0) is 41.9 Å². The van der Waals surface area contributed by atoms with Crippen molar-refractivity contribution in [2.75, 3.05) is 13.7 Å². The number of benzene rings is 2. The lowest BCUT2D eigenvalue weighted by Crippen LogP contribution is -2.12. The molecule has 0 saturated heterocycles. The normalized spacial score (nSPS) is 10.6. The molecule has 20 heavy (non-hydrogen) atoms. The topological polar surface area (TPSA) is 21.3 Å². The van der Waals surface area contributed by atoms with Crippen LogP contribution in [0.1, 0.15) is 12.5 Å². The van der Waals surface area contributed by atoms with Crippen LogP contribution < -0.4 is 10.1 Å². The second kappa shape index (κ2) is 6.73. The summed E-state index contributed by atoms with van der Waals surface area (Å²) in [6.45, 7) is 3.56. The highest BCUT2D eigenvalue weighted by Crippen LogP contribution is 2.31. The van der Waals surface area contributed by atoms with Gasteiger partial charge in [0.25, 0.3) is 0 Å². The maximum Gasteiger partial charge on any atom is 0.134 e. The van der Waals surface area contributed by atoms with Gasteiger partial charge in [0, 0.05) is 23.2 Å². The van der Waals surface area contributed by atoms with Gasteiger partial charge in [-0.3, -0.25) is 0 Å². The smallest absolute Gasteiger partial charge is 0.134 e. The van der Waals surface area contributed by atoms with Crippen molar-refractivity contribution in [2.45, 2.75) is 13.5 Å². The Labute approximate surface area is 123 Å². The van der Waals surface area contributed by atoms with Crippen LogP contribution >= 0.6 is 11.6 Å². The van der Waals surface area contributed by atoms with Crippen molar-refractivity contribution in [3.05, 3.63) is 52.8 Å². The molecule has 0 spiro atoms. The van der Waals surface area contributed by atoms with Crippen molar-refractivity contribution >= 4 is 11.6 Å². The van der Waals surface area contributed by atoms with Gasteiger partial charge in [-0.1, -0.05) is 24.6 Å². The van der Waals surface area contributed by atoms with Gasteiger partial charge in [0.15, 0.2) is 0 Å². The number of ether oxygens (including phenoxy) is 1. The van der Waals surface area contributed by atoms with Crippen molar-refractivity contribution in [3.8, 4) is 16.9 Å². The predicted molar refractivity (Wildman–Crippen MR) is 80.8 cm³/mol. The Hall–Kier alpha value is -1.58. The second-order valence-electron chi connectivity index (χ2n) is 4.43. The van der Waals surface area contributed by atoms with Gasteiger partial charge in [-0.2, -0.15) is 0 Å². The van der Waals surface area contributed by atoms with Crippen molar-refractivity contribution in [2.24, 2.45) is 0 Å². The molecule has 0 aliphatic heterocycles. The van der Waals surface area contributed by atoms with E-state index in [4.69, 9.17) is 16.3 Å². The summed E-state index contributed by atoms with van der Waals surface area (Å²) in [5.41, 5.74) is 2.35. The maximum atomic E-state index is 14.2. The fourth-order valence-corrected chi connectivity index (χ4v) is 2.23. The Balaban J connectivity index is 2.47. The van der Waals surface area contributed by atoms with Gasteiger partial charge in [-0.25, -0.2) is 4.39 Å². The van der Waals surface area contributed by atoms with Gasteiger partial charge in [0.05, 0.1) is 7.11 Å². The van der Waals surface area contributed by atoms with E-state index >= 15 is 0 Å². The van der Waals surface area contributed by atoms with Crippen LogP contribution in [0.25, 0.3) is 11.1 Å². The second-order valence-corrected chi connectivity index (χ2v) is 4.86. The molecule has 4 heteroatoms. The van der Waals surface area contributed by atoms with Crippen LogP contribution in [0.2, 0.25) is 5.02 Å². The van der Waals surface area contributed by atoms with E-state index < -0.39 is 0 Å². The SMILES string of the molecule is CCNCc1ccc(Cl)cc1-c1ccc(OC)cc1F. The van der Waals surface area contributed by atoms with Gasteiger partial charge in [0.1, 0.15) is 11.6 Å². The molecule has 0 radical (unpaired) electrons. The van der Waals surface area contributed by atoms with Crippen LogP contribution in [0.5, 0.6) is 5.75 Å². The molecular formula is C16H17ClFNO. The quantitative estimate of drug-likeness (QED) is 0.889. The molecule has 0 heterocycles. The van der Waals surface area contributed by atoms with E-state index in [1.807, 2.05) is 19.1 Å². The van der Waals surface area contributed by atoms with Crippen LogP contribution in [-0.2, 0) is 6.54 Å². The highest BCUT2D eigenvalue weighted by atomic mass is 35.5. The fourth-order valence-electron chi connectivity index (χ4n) is 2.05. The molecule has 2 aromatic rings. The van der Waals surface area contributed by atoms with E-state index in [9.17, 15) is 4.39 Å². The number of methoxy groups -OCH3 is 1. The summed E-state index contributed by atoms with van der Waals surface area (Å²) in [4.78, 5) is 0. The van der Waals surface area contributed by atoms with E-state index in [0.717, 1.165) is 17.7 Å². The molecule has 2 nitrogen and oxygen atoms in total. The average molecular weight is 294 g/mol. The Morgan fingerprint density at radius 3 is 2.60 bits per heavy atom. The lowest BCUT2D eigenvalue weighted by atomic mass is 9.99. The average Bonchev–Trinajstić information content (AvgIpc) is 2.46. The lowest BCUT2D eigenvalue weighted by molar-refractivity contribution is 0.411.